The van der Waals surface area contributed by atoms with Crippen molar-refractivity contribution in [1.29, 1.82) is 0 Å². The van der Waals surface area contributed by atoms with Gasteiger partial charge < -0.3 is 9.47 Å². The molecular weight excluding hydrogens is 330 g/mol. The second kappa shape index (κ2) is 7.25. The molecule has 0 saturated heterocycles. The molecule has 0 radical (unpaired) electrons. The lowest BCUT2D eigenvalue weighted by molar-refractivity contribution is -0.154. The van der Waals surface area contributed by atoms with Crippen molar-refractivity contribution < 1.29 is 23.9 Å². The number of ether oxygens (including phenoxy) is 2. The van der Waals surface area contributed by atoms with Crippen molar-refractivity contribution in [2.75, 3.05) is 18.1 Å². The lowest BCUT2D eigenvalue weighted by atomic mass is 10.2. The van der Waals surface area contributed by atoms with Crippen LogP contribution in [0.5, 0.6) is 0 Å². The summed E-state index contributed by atoms with van der Waals surface area (Å²) in [6.45, 7) is 6.90. The Morgan fingerprint density at radius 3 is 2.54 bits per heavy atom. The van der Waals surface area contributed by atoms with Crippen LogP contribution in [0.15, 0.2) is 29.2 Å². The Hall–Kier alpha value is -2.02. The fraction of sp³-hybridized carbons (Fsp3) is 0.471. The van der Waals surface area contributed by atoms with Gasteiger partial charge in [-0.2, -0.15) is 0 Å². The van der Waals surface area contributed by atoms with Crippen molar-refractivity contribution in [2.24, 2.45) is 0 Å². The number of esters is 2. The number of para-hydroxylation sites is 1. The molecule has 130 valence electrons. The monoisotopic (exact) mass is 351 g/mol. The van der Waals surface area contributed by atoms with Crippen LogP contribution in [-0.2, 0) is 23.9 Å². The molecule has 0 spiro atoms. The van der Waals surface area contributed by atoms with Gasteiger partial charge in [0.2, 0.25) is 0 Å². The second-order valence-corrected chi connectivity index (χ2v) is 7.38. The number of anilines is 1. The summed E-state index contributed by atoms with van der Waals surface area (Å²) >= 11 is 1.14. The van der Waals surface area contributed by atoms with Gasteiger partial charge in [0.05, 0.1) is 12.3 Å². The van der Waals surface area contributed by atoms with E-state index in [0.29, 0.717) is 5.69 Å². The van der Waals surface area contributed by atoms with Crippen molar-refractivity contribution in [1.82, 2.24) is 0 Å². The summed E-state index contributed by atoms with van der Waals surface area (Å²) in [7, 11) is 0. The maximum Gasteiger partial charge on any atom is 0.329 e. The highest BCUT2D eigenvalue weighted by Crippen LogP contribution is 2.39. The Labute approximate surface area is 145 Å². The highest BCUT2D eigenvalue weighted by atomic mass is 32.2. The molecule has 1 unspecified atom stereocenters. The van der Waals surface area contributed by atoms with E-state index in [4.69, 9.17) is 9.47 Å². The predicted octanol–water partition coefficient (Wildman–Crippen LogP) is 2.40. The molecule has 1 amide bonds. The SMILES string of the molecule is CCOC(=O)C1Sc2ccccc2N(CC(=O)OC(C)(C)C)C1=O. The molecule has 2 rings (SSSR count). The van der Waals surface area contributed by atoms with Gasteiger partial charge in [-0.15, -0.1) is 0 Å². The summed E-state index contributed by atoms with van der Waals surface area (Å²) in [5, 5.41) is -1.01. The third-order valence-corrected chi connectivity index (χ3v) is 4.33. The molecule has 0 N–H and O–H groups in total. The van der Waals surface area contributed by atoms with E-state index in [1.807, 2.05) is 6.07 Å². The molecule has 1 aromatic rings. The first kappa shape index (κ1) is 18.3. The van der Waals surface area contributed by atoms with Crippen LogP contribution in [0.3, 0.4) is 0 Å². The van der Waals surface area contributed by atoms with Crippen LogP contribution < -0.4 is 4.90 Å². The highest BCUT2D eigenvalue weighted by Gasteiger charge is 2.40. The molecule has 24 heavy (non-hydrogen) atoms. The van der Waals surface area contributed by atoms with Crippen LogP contribution in [0.25, 0.3) is 0 Å². The van der Waals surface area contributed by atoms with Crippen LogP contribution in [0.2, 0.25) is 0 Å². The third kappa shape index (κ3) is 4.29. The van der Waals surface area contributed by atoms with Gasteiger partial charge in [-0.3, -0.25) is 19.3 Å². The van der Waals surface area contributed by atoms with Gasteiger partial charge in [0.25, 0.3) is 5.91 Å². The van der Waals surface area contributed by atoms with Gasteiger partial charge in [-0.1, -0.05) is 23.9 Å². The average Bonchev–Trinajstić information content (AvgIpc) is 2.48. The summed E-state index contributed by atoms with van der Waals surface area (Å²) in [6, 6.07) is 7.14. The molecule has 0 aromatic heterocycles. The van der Waals surface area contributed by atoms with Crippen molar-refractivity contribution >= 4 is 35.3 Å². The number of hydrogen-bond donors (Lipinski definition) is 0. The van der Waals surface area contributed by atoms with Crippen LogP contribution in [0.1, 0.15) is 27.7 Å². The normalized spacial score (nSPS) is 17.2. The molecule has 1 atom stereocenters. The lowest BCUT2D eigenvalue weighted by Crippen LogP contribution is -2.48. The topological polar surface area (TPSA) is 72.9 Å². The first-order valence-electron chi connectivity index (χ1n) is 7.68. The van der Waals surface area contributed by atoms with E-state index in [0.717, 1.165) is 16.7 Å². The van der Waals surface area contributed by atoms with E-state index in [-0.39, 0.29) is 13.2 Å². The van der Waals surface area contributed by atoms with E-state index in [2.05, 4.69) is 0 Å². The molecule has 1 aromatic carbocycles. The Morgan fingerprint density at radius 1 is 1.25 bits per heavy atom. The maximum absolute atomic E-state index is 12.7. The predicted molar refractivity (Wildman–Crippen MR) is 90.9 cm³/mol. The van der Waals surface area contributed by atoms with E-state index < -0.39 is 28.7 Å². The Kier molecular flexibility index (Phi) is 5.54. The minimum Gasteiger partial charge on any atom is -0.465 e. The van der Waals surface area contributed by atoms with Crippen LogP contribution in [0.4, 0.5) is 5.69 Å². The molecule has 0 saturated carbocycles. The number of hydrogen-bond acceptors (Lipinski definition) is 6. The molecule has 7 heteroatoms. The third-order valence-electron chi connectivity index (χ3n) is 3.10. The molecule has 6 nitrogen and oxygen atoms in total. The van der Waals surface area contributed by atoms with Gasteiger partial charge >= 0.3 is 11.9 Å². The molecule has 0 aliphatic carbocycles. The van der Waals surface area contributed by atoms with Crippen molar-refractivity contribution in [3.63, 3.8) is 0 Å². The number of nitrogens with zero attached hydrogens (tertiary/aromatic N) is 1. The smallest absolute Gasteiger partial charge is 0.329 e. The molecule has 1 aliphatic rings. The van der Waals surface area contributed by atoms with Gasteiger partial charge in [-0.05, 0) is 39.8 Å². The number of rotatable bonds is 4. The van der Waals surface area contributed by atoms with Crippen molar-refractivity contribution in [3.8, 4) is 0 Å². The molecule has 0 bridgehead atoms. The van der Waals surface area contributed by atoms with Crippen LogP contribution >= 0.6 is 11.8 Å². The van der Waals surface area contributed by atoms with E-state index in [1.54, 1.807) is 45.9 Å². The quantitative estimate of drug-likeness (QED) is 0.613. The van der Waals surface area contributed by atoms with Crippen LogP contribution in [-0.4, -0.2) is 41.8 Å². The lowest BCUT2D eigenvalue weighted by Gasteiger charge is -2.32. The Bertz CT molecular complexity index is 653. The average molecular weight is 351 g/mol. The fourth-order valence-corrected chi connectivity index (χ4v) is 3.35. The number of thioether (sulfide) groups is 1. The van der Waals surface area contributed by atoms with Gasteiger partial charge in [0.1, 0.15) is 12.1 Å². The minimum atomic E-state index is -1.01. The molecular formula is C17H21NO5S. The zero-order valence-corrected chi connectivity index (χ0v) is 15.0. The van der Waals surface area contributed by atoms with E-state index in [9.17, 15) is 14.4 Å². The second-order valence-electron chi connectivity index (χ2n) is 6.23. The number of carbonyl (C=O) groups excluding carboxylic acids is 3. The molecule has 1 heterocycles. The first-order valence-corrected chi connectivity index (χ1v) is 8.56. The van der Waals surface area contributed by atoms with Gasteiger partial charge in [0.15, 0.2) is 5.25 Å². The van der Waals surface area contributed by atoms with Crippen LogP contribution in [0, 0.1) is 0 Å². The maximum atomic E-state index is 12.7. The Balaban J connectivity index is 2.28. The summed E-state index contributed by atoms with van der Waals surface area (Å²) in [5.41, 5.74) is -0.0519. The van der Waals surface area contributed by atoms with E-state index in [1.165, 1.54) is 4.90 Å². The summed E-state index contributed by atoms with van der Waals surface area (Å²) < 4.78 is 10.3. The van der Waals surface area contributed by atoms with Gasteiger partial charge in [0, 0.05) is 4.90 Å². The number of fused-ring (bicyclic) bond motifs is 1. The summed E-state index contributed by atoms with van der Waals surface area (Å²) in [5.74, 6) is -1.60. The number of carbonyl (C=O) groups is 3. The van der Waals surface area contributed by atoms with Crippen molar-refractivity contribution in [3.05, 3.63) is 24.3 Å². The van der Waals surface area contributed by atoms with E-state index >= 15 is 0 Å². The number of amides is 1. The fourth-order valence-electron chi connectivity index (χ4n) is 2.25. The van der Waals surface area contributed by atoms with Gasteiger partial charge in [-0.25, -0.2) is 0 Å². The first-order chi connectivity index (χ1) is 11.2. The highest BCUT2D eigenvalue weighted by molar-refractivity contribution is 8.01. The standard InChI is InChI=1S/C17H21NO5S/c1-5-22-16(21)14-15(20)18(10-13(19)23-17(2,3)4)11-8-6-7-9-12(11)24-14/h6-9,14H,5,10H2,1-4H3. The largest absolute Gasteiger partial charge is 0.465 e. The summed E-state index contributed by atoms with van der Waals surface area (Å²) in [6.07, 6.45) is 0. The number of benzene rings is 1. The summed E-state index contributed by atoms with van der Waals surface area (Å²) in [4.78, 5) is 39.0. The Morgan fingerprint density at radius 2 is 1.92 bits per heavy atom. The van der Waals surface area contributed by atoms with Crippen molar-refractivity contribution in [2.45, 2.75) is 43.4 Å². The zero-order chi connectivity index (χ0) is 17.9. The minimum absolute atomic E-state index is 0.191. The molecule has 0 fully saturated rings. The zero-order valence-electron chi connectivity index (χ0n) is 14.2. The molecule has 1 aliphatic heterocycles.